The second kappa shape index (κ2) is 10.8. The van der Waals surface area contributed by atoms with Crippen LogP contribution in [0.25, 0.3) is 0 Å². The van der Waals surface area contributed by atoms with E-state index in [0.29, 0.717) is 23.0 Å². The monoisotopic (exact) mass is 480 g/mol. The van der Waals surface area contributed by atoms with Crippen molar-refractivity contribution in [3.8, 4) is 5.75 Å². The lowest BCUT2D eigenvalue weighted by Gasteiger charge is -2.29. The maximum atomic E-state index is 12.9. The largest absolute Gasteiger partial charge is 0.497 e. The van der Waals surface area contributed by atoms with E-state index in [0.717, 1.165) is 16.9 Å². The highest BCUT2D eigenvalue weighted by atomic mass is 32.2. The Bertz CT molecular complexity index is 1180. The number of nitrogens with one attached hydrogen (secondary N) is 2. The third-order valence-corrected chi connectivity index (χ3v) is 6.10. The molecule has 2 aromatic carbocycles. The first-order valence-corrected chi connectivity index (χ1v) is 11.6. The van der Waals surface area contributed by atoms with Crippen molar-refractivity contribution >= 4 is 23.8 Å². The van der Waals surface area contributed by atoms with E-state index in [2.05, 4.69) is 26.2 Å². The van der Waals surface area contributed by atoms with Gasteiger partial charge in [-0.3, -0.25) is 0 Å². The molecule has 34 heavy (non-hydrogen) atoms. The molecule has 1 aromatic heterocycles. The highest BCUT2D eigenvalue weighted by Gasteiger charge is 2.33. The van der Waals surface area contributed by atoms with Gasteiger partial charge in [0.15, 0.2) is 0 Å². The first kappa shape index (κ1) is 23.3. The summed E-state index contributed by atoms with van der Waals surface area (Å²) in [4.78, 5) is 25.3. The van der Waals surface area contributed by atoms with Crippen LogP contribution < -0.4 is 15.4 Å². The van der Waals surface area contributed by atoms with Crippen molar-refractivity contribution in [1.82, 2.24) is 30.8 Å². The predicted molar refractivity (Wildman–Crippen MR) is 125 cm³/mol. The van der Waals surface area contributed by atoms with Gasteiger partial charge in [0, 0.05) is 11.4 Å². The van der Waals surface area contributed by atoms with Crippen molar-refractivity contribution in [2.24, 2.45) is 0 Å². The summed E-state index contributed by atoms with van der Waals surface area (Å²) >= 11 is 1.32. The van der Waals surface area contributed by atoms with E-state index >= 15 is 0 Å². The van der Waals surface area contributed by atoms with Crippen LogP contribution in [0.15, 0.2) is 71.0 Å². The quantitative estimate of drug-likeness (QED) is 0.354. The summed E-state index contributed by atoms with van der Waals surface area (Å²) in [5.74, 6) is 0.550. The molecule has 1 aliphatic rings. The summed E-state index contributed by atoms with van der Waals surface area (Å²) in [6.45, 7) is 2.43. The number of nitrogens with zero attached hydrogens (tertiary/aromatic N) is 4. The maximum Gasteiger partial charge on any atom is 0.338 e. The molecule has 4 rings (SSSR count). The molecule has 3 aromatic rings. The van der Waals surface area contributed by atoms with Gasteiger partial charge in [0.05, 0.1) is 31.9 Å². The summed E-state index contributed by atoms with van der Waals surface area (Å²) in [5.41, 5.74) is 2.60. The zero-order valence-electron chi connectivity index (χ0n) is 18.7. The van der Waals surface area contributed by atoms with Crippen LogP contribution in [-0.2, 0) is 16.1 Å². The number of carbonyl (C=O) groups is 2. The highest BCUT2D eigenvalue weighted by molar-refractivity contribution is 7.99. The molecule has 2 amide bonds. The average molecular weight is 481 g/mol. The zero-order chi connectivity index (χ0) is 23.9. The van der Waals surface area contributed by atoms with Gasteiger partial charge in [0.1, 0.15) is 5.75 Å². The number of hydrogen-bond acceptors (Lipinski definition) is 8. The lowest BCUT2D eigenvalue weighted by molar-refractivity contribution is -0.139. The zero-order valence-corrected chi connectivity index (χ0v) is 19.5. The van der Waals surface area contributed by atoms with Crippen molar-refractivity contribution in [1.29, 1.82) is 0 Å². The Morgan fingerprint density at radius 1 is 1.15 bits per heavy atom. The number of rotatable bonds is 9. The number of amides is 2. The predicted octanol–water partition coefficient (Wildman–Crippen LogP) is 2.69. The lowest BCUT2D eigenvalue weighted by Crippen LogP contribution is -2.46. The van der Waals surface area contributed by atoms with E-state index in [1.807, 2.05) is 54.6 Å². The number of methoxy groups -OCH3 is 1. The van der Waals surface area contributed by atoms with Crippen LogP contribution in [0.4, 0.5) is 4.79 Å². The first-order chi connectivity index (χ1) is 16.6. The third-order valence-electron chi connectivity index (χ3n) is 5.12. The molecule has 0 fully saturated rings. The van der Waals surface area contributed by atoms with Gasteiger partial charge in [-0.1, -0.05) is 54.2 Å². The molecule has 1 unspecified atom stereocenters. The van der Waals surface area contributed by atoms with Gasteiger partial charge in [0.2, 0.25) is 5.16 Å². The molecule has 10 nitrogen and oxygen atoms in total. The molecule has 0 bridgehead atoms. The summed E-state index contributed by atoms with van der Waals surface area (Å²) in [5, 5.41) is 18.1. The van der Waals surface area contributed by atoms with E-state index < -0.39 is 18.0 Å². The Labute approximate surface area is 200 Å². The van der Waals surface area contributed by atoms with E-state index in [4.69, 9.17) is 9.47 Å². The Kier molecular flexibility index (Phi) is 7.43. The minimum absolute atomic E-state index is 0.221. The fraction of sp³-hybridized carbons (Fsp3) is 0.261. The fourth-order valence-corrected chi connectivity index (χ4v) is 4.36. The molecule has 11 heteroatoms. The van der Waals surface area contributed by atoms with E-state index in [-0.39, 0.29) is 12.4 Å². The van der Waals surface area contributed by atoms with Gasteiger partial charge < -0.3 is 20.1 Å². The normalized spacial score (nSPS) is 15.5. The molecular formula is C23H24N6O4S. The van der Waals surface area contributed by atoms with Crippen LogP contribution in [0.5, 0.6) is 5.75 Å². The molecule has 2 N–H and O–H groups in total. The number of hydrogen-bond donors (Lipinski definition) is 2. The number of thioether (sulfide) groups is 1. The van der Waals surface area contributed by atoms with Gasteiger partial charge in [-0.2, -0.15) is 0 Å². The standard InChI is InChI=1S/C23H24N6O4S/c1-3-33-21(30)19-18(24-22(31)25-20(19)16-7-5-4-6-8-16)14-34-23-26-27-28-29(23)13-15-9-11-17(32-2)12-10-15/h4-12,20H,3,13-14H2,1-2H3,(H2,24,25,31). The lowest BCUT2D eigenvalue weighted by atomic mass is 9.95. The number of urea groups is 1. The van der Waals surface area contributed by atoms with Gasteiger partial charge in [0.25, 0.3) is 0 Å². The van der Waals surface area contributed by atoms with Crippen molar-refractivity contribution < 1.29 is 19.1 Å². The van der Waals surface area contributed by atoms with Crippen LogP contribution in [-0.4, -0.2) is 51.7 Å². The smallest absolute Gasteiger partial charge is 0.338 e. The molecule has 0 aliphatic carbocycles. The minimum atomic E-state index is -0.625. The van der Waals surface area contributed by atoms with Crippen LogP contribution in [0, 0.1) is 0 Å². The molecule has 0 spiro atoms. The fourth-order valence-electron chi connectivity index (χ4n) is 3.52. The first-order valence-electron chi connectivity index (χ1n) is 10.6. The van der Waals surface area contributed by atoms with Gasteiger partial charge in [-0.05, 0) is 40.6 Å². The topological polar surface area (TPSA) is 120 Å². The second-order valence-corrected chi connectivity index (χ2v) is 8.25. The number of benzene rings is 2. The van der Waals surface area contributed by atoms with E-state index in [1.54, 1.807) is 18.7 Å². The van der Waals surface area contributed by atoms with Gasteiger partial charge in [-0.15, -0.1) is 5.10 Å². The van der Waals surface area contributed by atoms with E-state index in [9.17, 15) is 9.59 Å². The highest BCUT2D eigenvalue weighted by Crippen LogP contribution is 2.30. The van der Waals surface area contributed by atoms with Crippen LogP contribution in [0.3, 0.4) is 0 Å². The number of ether oxygens (including phenoxy) is 2. The Balaban J connectivity index is 1.58. The minimum Gasteiger partial charge on any atom is -0.497 e. The molecular weight excluding hydrogens is 456 g/mol. The molecule has 2 heterocycles. The number of aromatic nitrogens is 4. The maximum absolute atomic E-state index is 12.9. The summed E-state index contributed by atoms with van der Waals surface area (Å²) in [7, 11) is 1.62. The molecule has 0 saturated carbocycles. The summed E-state index contributed by atoms with van der Waals surface area (Å²) in [6, 6.07) is 15.9. The van der Waals surface area contributed by atoms with E-state index in [1.165, 1.54) is 11.8 Å². The van der Waals surface area contributed by atoms with Crippen molar-refractivity contribution in [3.05, 3.63) is 77.0 Å². The molecule has 0 saturated heterocycles. The van der Waals surface area contributed by atoms with Crippen LogP contribution in [0.1, 0.15) is 24.1 Å². The average Bonchev–Trinajstić information content (AvgIpc) is 3.30. The van der Waals surface area contributed by atoms with Crippen molar-refractivity contribution in [2.45, 2.75) is 24.7 Å². The molecule has 0 radical (unpaired) electrons. The summed E-state index contributed by atoms with van der Waals surface area (Å²) in [6.07, 6.45) is 0. The van der Waals surface area contributed by atoms with Crippen molar-refractivity contribution in [3.63, 3.8) is 0 Å². The third kappa shape index (κ3) is 5.37. The number of esters is 1. The Morgan fingerprint density at radius 3 is 2.62 bits per heavy atom. The summed E-state index contributed by atoms with van der Waals surface area (Å²) < 4.78 is 12.2. The molecule has 1 aliphatic heterocycles. The molecule has 1 atom stereocenters. The SMILES string of the molecule is CCOC(=O)C1=C(CSc2nnnn2Cc2ccc(OC)cc2)NC(=O)NC1c1ccccc1. The molecule has 176 valence electrons. The van der Waals surface area contributed by atoms with Crippen LogP contribution >= 0.6 is 11.8 Å². The van der Waals surface area contributed by atoms with Gasteiger partial charge >= 0.3 is 12.0 Å². The Morgan fingerprint density at radius 2 is 1.91 bits per heavy atom. The number of tetrazole rings is 1. The van der Waals surface area contributed by atoms with Gasteiger partial charge in [-0.25, -0.2) is 14.3 Å². The Hall–Kier alpha value is -3.86. The van der Waals surface area contributed by atoms with Crippen LogP contribution in [0.2, 0.25) is 0 Å². The van der Waals surface area contributed by atoms with Crippen molar-refractivity contribution in [2.75, 3.05) is 19.5 Å². The number of carbonyl (C=O) groups excluding carboxylic acids is 2. The second-order valence-electron chi connectivity index (χ2n) is 7.31.